The summed E-state index contributed by atoms with van der Waals surface area (Å²) in [7, 11) is 3.18. The number of amides is 1. The topological polar surface area (TPSA) is 52.8 Å². The van der Waals surface area contributed by atoms with Gasteiger partial charge in [-0.1, -0.05) is 35.1 Å². The van der Waals surface area contributed by atoms with Gasteiger partial charge < -0.3 is 14.0 Å². The highest BCUT2D eigenvalue weighted by Crippen LogP contribution is 2.22. The van der Waals surface area contributed by atoms with E-state index in [-0.39, 0.29) is 5.91 Å². The highest BCUT2D eigenvalue weighted by atomic mass is 35.5. The minimum Gasteiger partial charge on any atom is -0.496 e. The Labute approximate surface area is 154 Å². The predicted octanol–water partition coefficient (Wildman–Crippen LogP) is 3.75. The molecule has 3 rings (SSSR count). The number of ether oxygens (including phenoxy) is 2. The van der Waals surface area contributed by atoms with Crippen molar-refractivity contribution in [1.29, 1.82) is 0 Å². The molecule has 0 aliphatic rings. The molecule has 0 aliphatic heterocycles. The molecule has 0 atom stereocenters. The summed E-state index contributed by atoms with van der Waals surface area (Å²) in [6, 6.07) is 12.7. The summed E-state index contributed by atoms with van der Waals surface area (Å²) in [5, 5.41) is 0.648. The van der Waals surface area contributed by atoms with Gasteiger partial charge in [-0.15, -0.1) is 0 Å². The van der Waals surface area contributed by atoms with Crippen molar-refractivity contribution in [2.75, 3.05) is 20.8 Å². The van der Waals surface area contributed by atoms with Crippen LogP contribution < -0.4 is 9.54 Å². The van der Waals surface area contributed by atoms with Gasteiger partial charge in [0.25, 0.3) is 5.91 Å². The number of carbonyl (C=O) groups is 1. The molecular weight excluding hydrogens is 360 g/mol. The molecule has 0 radical (unpaired) electrons. The van der Waals surface area contributed by atoms with Gasteiger partial charge in [-0.2, -0.15) is 4.99 Å². The maximum atomic E-state index is 12.7. The number of methoxy groups -OCH3 is 2. The summed E-state index contributed by atoms with van der Waals surface area (Å²) in [5.74, 6) is 0.158. The lowest BCUT2D eigenvalue weighted by molar-refractivity contribution is 0.0994. The third-order valence-corrected chi connectivity index (χ3v) is 4.97. The minimum absolute atomic E-state index is 0.346. The summed E-state index contributed by atoms with van der Waals surface area (Å²) < 4.78 is 13.4. The predicted molar refractivity (Wildman–Crippen MR) is 99.6 cm³/mol. The van der Waals surface area contributed by atoms with E-state index in [9.17, 15) is 4.79 Å². The second-order valence-electron chi connectivity index (χ2n) is 5.26. The van der Waals surface area contributed by atoms with Crippen molar-refractivity contribution in [3.8, 4) is 5.75 Å². The molecule has 2 aromatic carbocycles. The van der Waals surface area contributed by atoms with E-state index in [4.69, 9.17) is 21.1 Å². The first-order valence-corrected chi connectivity index (χ1v) is 8.83. The molecule has 3 aromatic rings. The molecule has 0 fully saturated rings. The number of hydrogen-bond donors (Lipinski definition) is 0. The molecule has 0 N–H and O–H groups in total. The van der Waals surface area contributed by atoms with Crippen molar-refractivity contribution in [3.63, 3.8) is 0 Å². The van der Waals surface area contributed by atoms with Gasteiger partial charge in [-0.3, -0.25) is 4.79 Å². The number of thiazole rings is 1. The first kappa shape index (κ1) is 17.7. The second kappa shape index (κ2) is 7.82. The van der Waals surface area contributed by atoms with Crippen molar-refractivity contribution < 1.29 is 14.3 Å². The zero-order valence-electron chi connectivity index (χ0n) is 13.9. The van der Waals surface area contributed by atoms with Crippen LogP contribution in [0.5, 0.6) is 5.75 Å². The van der Waals surface area contributed by atoms with Crippen LogP contribution in [0.25, 0.3) is 10.2 Å². The summed E-state index contributed by atoms with van der Waals surface area (Å²) in [4.78, 5) is 17.6. The van der Waals surface area contributed by atoms with Gasteiger partial charge in [-0.05, 0) is 30.3 Å². The molecule has 25 heavy (non-hydrogen) atoms. The van der Waals surface area contributed by atoms with Gasteiger partial charge in [0, 0.05) is 18.7 Å². The molecule has 7 heteroatoms. The van der Waals surface area contributed by atoms with Gasteiger partial charge in [0.05, 0.1) is 29.5 Å². The minimum atomic E-state index is -0.346. The van der Waals surface area contributed by atoms with E-state index in [1.54, 1.807) is 25.3 Å². The Balaban J connectivity index is 2.12. The normalized spacial score (nSPS) is 11.9. The fourth-order valence-corrected chi connectivity index (χ4v) is 3.83. The summed E-state index contributed by atoms with van der Waals surface area (Å²) in [6.45, 7) is 1.11. The molecule has 0 saturated heterocycles. The maximum Gasteiger partial charge on any atom is 0.283 e. The number of benzene rings is 2. The third kappa shape index (κ3) is 3.76. The number of fused-ring (bicyclic) bond motifs is 1. The van der Waals surface area contributed by atoms with E-state index in [1.165, 1.54) is 18.4 Å². The van der Waals surface area contributed by atoms with E-state index in [0.717, 1.165) is 10.2 Å². The summed E-state index contributed by atoms with van der Waals surface area (Å²) in [5.41, 5.74) is 1.40. The Morgan fingerprint density at radius 3 is 2.80 bits per heavy atom. The first-order chi connectivity index (χ1) is 12.1. The maximum absolute atomic E-state index is 12.7. The lowest BCUT2D eigenvalue weighted by atomic mass is 10.2. The van der Waals surface area contributed by atoms with Crippen molar-refractivity contribution >= 4 is 39.1 Å². The van der Waals surface area contributed by atoms with Crippen LogP contribution in [0.2, 0.25) is 5.02 Å². The van der Waals surface area contributed by atoms with Crippen molar-refractivity contribution in [3.05, 3.63) is 57.9 Å². The SMILES string of the molecule is COCCn1c(=NC(=O)c2ccccc2OC)sc2cc(Cl)ccc21. The van der Waals surface area contributed by atoms with E-state index < -0.39 is 0 Å². The number of para-hydroxylation sites is 1. The molecule has 0 aliphatic carbocycles. The van der Waals surface area contributed by atoms with Crippen LogP contribution >= 0.6 is 22.9 Å². The molecular formula is C18H17ClN2O3S. The Morgan fingerprint density at radius 1 is 1.24 bits per heavy atom. The average molecular weight is 377 g/mol. The van der Waals surface area contributed by atoms with Gasteiger partial charge >= 0.3 is 0 Å². The Kier molecular flexibility index (Phi) is 5.53. The van der Waals surface area contributed by atoms with E-state index in [1.807, 2.05) is 28.8 Å². The molecule has 1 heterocycles. The number of aromatic nitrogens is 1. The molecule has 1 amide bonds. The molecule has 0 saturated carbocycles. The van der Waals surface area contributed by atoms with Crippen LogP contribution in [0.15, 0.2) is 47.5 Å². The number of halogens is 1. The lowest BCUT2D eigenvalue weighted by Gasteiger charge is -2.05. The fraction of sp³-hybridized carbons (Fsp3) is 0.222. The first-order valence-electron chi connectivity index (χ1n) is 7.64. The highest BCUT2D eigenvalue weighted by Gasteiger charge is 2.13. The average Bonchev–Trinajstić information content (AvgIpc) is 2.95. The number of carbonyl (C=O) groups excluding carboxylic acids is 1. The van der Waals surface area contributed by atoms with Crippen LogP contribution in [-0.4, -0.2) is 31.3 Å². The van der Waals surface area contributed by atoms with E-state index in [2.05, 4.69) is 4.99 Å². The van der Waals surface area contributed by atoms with Crippen molar-refractivity contribution in [1.82, 2.24) is 4.57 Å². The Bertz CT molecular complexity index is 978. The second-order valence-corrected chi connectivity index (χ2v) is 6.70. The van der Waals surface area contributed by atoms with Crippen molar-refractivity contribution in [2.24, 2.45) is 4.99 Å². The van der Waals surface area contributed by atoms with Crippen LogP contribution in [0.4, 0.5) is 0 Å². The number of rotatable bonds is 5. The van der Waals surface area contributed by atoms with Gasteiger partial charge in [0.15, 0.2) is 4.80 Å². The molecule has 0 spiro atoms. The largest absolute Gasteiger partial charge is 0.496 e. The van der Waals surface area contributed by atoms with Crippen LogP contribution in [0.3, 0.4) is 0 Å². The van der Waals surface area contributed by atoms with Crippen LogP contribution in [0.1, 0.15) is 10.4 Å². The molecule has 0 bridgehead atoms. The van der Waals surface area contributed by atoms with Gasteiger partial charge in [0.2, 0.25) is 0 Å². The molecule has 130 valence electrons. The Morgan fingerprint density at radius 2 is 2.04 bits per heavy atom. The van der Waals surface area contributed by atoms with Crippen molar-refractivity contribution in [2.45, 2.75) is 6.54 Å². The van der Waals surface area contributed by atoms with Gasteiger partial charge in [-0.25, -0.2) is 0 Å². The zero-order chi connectivity index (χ0) is 17.8. The zero-order valence-corrected chi connectivity index (χ0v) is 15.4. The standard InChI is InChI=1S/C18H17ClN2O3S/c1-23-10-9-21-14-8-7-12(19)11-16(14)25-18(21)20-17(22)13-5-3-4-6-15(13)24-2/h3-8,11H,9-10H2,1-2H3. The number of hydrogen-bond acceptors (Lipinski definition) is 4. The quantitative estimate of drug-likeness (QED) is 0.681. The van der Waals surface area contributed by atoms with E-state index in [0.29, 0.717) is 34.3 Å². The summed E-state index contributed by atoms with van der Waals surface area (Å²) in [6.07, 6.45) is 0. The molecule has 5 nitrogen and oxygen atoms in total. The smallest absolute Gasteiger partial charge is 0.283 e. The fourth-order valence-electron chi connectivity index (χ4n) is 2.50. The number of nitrogens with zero attached hydrogens (tertiary/aromatic N) is 2. The van der Waals surface area contributed by atoms with Crippen LogP contribution in [0, 0.1) is 0 Å². The monoisotopic (exact) mass is 376 g/mol. The Hall–Kier alpha value is -2.15. The third-order valence-electron chi connectivity index (χ3n) is 3.70. The van der Waals surface area contributed by atoms with E-state index >= 15 is 0 Å². The summed E-state index contributed by atoms with van der Waals surface area (Å²) >= 11 is 7.50. The van der Waals surface area contributed by atoms with Crippen LogP contribution in [-0.2, 0) is 11.3 Å². The molecule has 1 aromatic heterocycles. The lowest BCUT2D eigenvalue weighted by Crippen LogP contribution is -2.19. The van der Waals surface area contributed by atoms with Gasteiger partial charge in [0.1, 0.15) is 5.75 Å². The molecule has 0 unspecified atom stereocenters. The highest BCUT2D eigenvalue weighted by molar-refractivity contribution is 7.16.